The second kappa shape index (κ2) is 7.04. The van der Waals surface area contributed by atoms with Crippen LogP contribution < -0.4 is 0 Å². The summed E-state index contributed by atoms with van der Waals surface area (Å²) in [6.45, 7) is 5.28. The highest BCUT2D eigenvalue weighted by Gasteiger charge is 2.26. The van der Waals surface area contributed by atoms with Gasteiger partial charge in [-0.3, -0.25) is 9.48 Å². The Morgan fingerprint density at radius 2 is 2.20 bits per heavy atom. The molecule has 0 bridgehead atoms. The van der Waals surface area contributed by atoms with Crippen LogP contribution in [-0.2, 0) is 11.2 Å². The van der Waals surface area contributed by atoms with Gasteiger partial charge in [-0.15, -0.1) is 5.10 Å². The average molecular weight is 346 g/mol. The van der Waals surface area contributed by atoms with Crippen molar-refractivity contribution in [3.8, 4) is 0 Å². The van der Waals surface area contributed by atoms with E-state index in [4.69, 9.17) is 5.11 Å². The van der Waals surface area contributed by atoms with E-state index >= 15 is 0 Å². The Bertz CT molecular complexity index is 766. The van der Waals surface area contributed by atoms with E-state index < -0.39 is 5.97 Å². The standard InChI is InChI=1S/C16H22N6O3/c1-11(2)21-7-5-12(18-21)8-15(23)20-6-3-4-13(9-20)22-10-14(16(24)25)17-19-22/h5,7,10-11,13H,3-4,6,8-9H2,1-2H3,(H,24,25). The molecular weight excluding hydrogens is 324 g/mol. The van der Waals surface area contributed by atoms with Crippen LogP contribution in [0, 0.1) is 0 Å². The van der Waals surface area contributed by atoms with Crippen molar-refractivity contribution in [3.63, 3.8) is 0 Å². The van der Waals surface area contributed by atoms with Gasteiger partial charge >= 0.3 is 5.97 Å². The van der Waals surface area contributed by atoms with Crippen LogP contribution >= 0.6 is 0 Å². The number of piperidine rings is 1. The summed E-state index contributed by atoms with van der Waals surface area (Å²) in [5, 5.41) is 20.9. The van der Waals surface area contributed by atoms with E-state index in [9.17, 15) is 9.59 Å². The van der Waals surface area contributed by atoms with Crippen molar-refractivity contribution < 1.29 is 14.7 Å². The van der Waals surface area contributed by atoms with Gasteiger partial charge in [-0.2, -0.15) is 5.10 Å². The predicted molar refractivity (Wildman–Crippen MR) is 88.1 cm³/mol. The largest absolute Gasteiger partial charge is 0.476 e. The second-order valence-electron chi connectivity index (χ2n) is 6.58. The fourth-order valence-electron chi connectivity index (χ4n) is 2.98. The molecule has 134 valence electrons. The molecule has 1 atom stereocenters. The lowest BCUT2D eigenvalue weighted by Gasteiger charge is -2.32. The summed E-state index contributed by atoms with van der Waals surface area (Å²) in [6.07, 6.45) is 5.26. The molecule has 1 N–H and O–H groups in total. The van der Waals surface area contributed by atoms with Gasteiger partial charge in [-0.05, 0) is 32.8 Å². The third-order valence-electron chi connectivity index (χ3n) is 4.38. The van der Waals surface area contributed by atoms with Crippen LogP contribution in [0.3, 0.4) is 0 Å². The Morgan fingerprint density at radius 1 is 1.40 bits per heavy atom. The molecule has 0 aromatic carbocycles. The molecule has 3 rings (SSSR count). The summed E-state index contributed by atoms with van der Waals surface area (Å²) in [4.78, 5) is 25.3. The number of carboxylic acid groups (broad SMARTS) is 1. The Hall–Kier alpha value is -2.71. The lowest BCUT2D eigenvalue weighted by Crippen LogP contribution is -2.41. The number of aromatic nitrogens is 5. The highest BCUT2D eigenvalue weighted by molar-refractivity contribution is 5.84. The Kier molecular flexibility index (Phi) is 4.82. The summed E-state index contributed by atoms with van der Waals surface area (Å²) in [7, 11) is 0. The lowest BCUT2D eigenvalue weighted by molar-refractivity contribution is -0.132. The molecule has 3 heterocycles. The smallest absolute Gasteiger partial charge is 0.358 e. The highest BCUT2D eigenvalue weighted by Crippen LogP contribution is 2.21. The number of rotatable bonds is 5. The molecule has 0 radical (unpaired) electrons. The van der Waals surface area contributed by atoms with E-state index in [0.29, 0.717) is 13.1 Å². The minimum absolute atomic E-state index is 0.0253. The van der Waals surface area contributed by atoms with E-state index in [1.807, 2.05) is 30.8 Å². The molecule has 25 heavy (non-hydrogen) atoms. The summed E-state index contributed by atoms with van der Waals surface area (Å²) in [5.41, 5.74) is 0.678. The molecule has 2 aromatic rings. The summed E-state index contributed by atoms with van der Waals surface area (Å²) in [5.74, 6) is -1.08. The van der Waals surface area contributed by atoms with Crippen molar-refractivity contribution in [2.75, 3.05) is 13.1 Å². The van der Waals surface area contributed by atoms with Gasteiger partial charge in [-0.1, -0.05) is 5.21 Å². The number of carbonyl (C=O) groups is 2. The molecule has 1 saturated heterocycles. The number of carboxylic acids is 1. The fourth-order valence-corrected chi connectivity index (χ4v) is 2.98. The molecule has 9 heteroatoms. The number of carbonyl (C=O) groups excluding carboxylic acids is 1. The van der Waals surface area contributed by atoms with Crippen molar-refractivity contribution in [2.24, 2.45) is 0 Å². The van der Waals surface area contributed by atoms with Crippen LogP contribution in [0.5, 0.6) is 0 Å². The molecule has 1 amide bonds. The van der Waals surface area contributed by atoms with Gasteiger partial charge in [0.1, 0.15) is 0 Å². The first-order valence-corrected chi connectivity index (χ1v) is 8.41. The molecule has 1 aliphatic rings. The summed E-state index contributed by atoms with van der Waals surface area (Å²) < 4.78 is 3.39. The normalized spacial score (nSPS) is 17.9. The van der Waals surface area contributed by atoms with Gasteiger partial charge in [-0.25, -0.2) is 9.48 Å². The minimum Gasteiger partial charge on any atom is -0.476 e. The Balaban J connectivity index is 1.63. The number of hydrogen-bond donors (Lipinski definition) is 1. The van der Waals surface area contributed by atoms with Gasteiger partial charge in [0.2, 0.25) is 5.91 Å². The summed E-state index contributed by atoms with van der Waals surface area (Å²) >= 11 is 0. The van der Waals surface area contributed by atoms with Crippen LogP contribution in [0.15, 0.2) is 18.5 Å². The maximum atomic E-state index is 12.6. The molecular formula is C16H22N6O3. The average Bonchev–Trinajstić information content (AvgIpc) is 3.24. The van der Waals surface area contributed by atoms with Crippen molar-refractivity contribution in [1.29, 1.82) is 0 Å². The van der Waals surface area contributed by atoms with E-state index in [0.717, 1.165) is 18.5 Å². The lowest BCUT2D eigenvalue weighted by atomic mass is 10.1. The van der Waals surface area contributed by atoms with Crippen molar-refractivity contribution in [1.82, 2.24) is 29.7 Å². The van der Waals surface area contributed by atoms with Crippen LogP contribution in [0.4, 0.5) is 0 Å². The molecule has 1 fully saturated rings. The van der Waals surface area contributed by atoms with E-state index in [2.05, 4.69) is 15.4 Å². The Morgan fingerprint density at radius 3 is 2.84 bits per heavy atom. The zero-order valence-electron chi connectivity index (χ0n) is 14.4. The van der Waals surface area contributed by atoms with Crippen LogP contribution in [0.25, 0.3) is 0 Å². The second-order valence-corrected chi connectivity index (χ2v) is 6.58. The first kappa shape index (κ1) is 17.1. The zero-order chi connectivity index (χ0) is 18.0. The first-order valence-electron chi connectivity index (χ1n) is 8.41. The molecule has 1 unspecified atom stereocenters. The predicted octanol–water partition coefficient (Wildman–Crippen LogP) is 1.16. The summed E-state index contributed by atoms with van der Waals surface area (Å²) in [6, 6.07) is 2.08. The Labute approximate surface area is 145 Å². The van der Waals surface area contributed by atoms with Crippen molar-refractivity contribution in [2.45, 2.75) is 45.2 Å². The quantitative estimate of drug-likeness (QED) is 0.871. The third-order valence-corrected chi connectivity index (χ3v) is 4.38. The zero-order valence-corrected chi connectivity index (χ0v) is 14.4. The topological polar surface area (TPSA) is 106 Å². The van der Waals surface area contributed by atoms with Crippen molar-refractivity contribution in [3.05, 3.63) is 29.8 Å². The van der Waals surface area contributed by atoms with Crippen molar-refractivity contribution >= 4 is 11.9 Å². The number of nitrogens with zero attached hydrogens (tertiary/aromatic N) is 6. The van der Waals surface area contributed by atoms with Gasteiger partial charge in [0.25, 0.3) is 0 Å². The minimum atomic E-state index is -1.10. The SMILES string of the molecule is CC(C)n1ccc(CC(=O)N2CCCC(n3cc(C(=O)O)nn3)C2)n1. The number of likely N-dealkylation sites (tertiary alicyclic amines) is 1. The number of hydrogen-bond acceptors (Lipinski definition) is 5. The van der Waals surface area contributed by atoms with Gasteiger partial charge in [0.05, 0.1) is 24.4 Å². The molecule has 0 spiro atoms. The molecule has 9 nitrogen and oxygen atoms in total. The van der Waals surface area contributed by atoms with Gasteiger partial charge < -0.3 is 10.0 Å². The van der Waals surface area contributed by atoms with Crippen LogP contribution in [-0.4, -0.2) is 59.7 Å². The third kappa shape index (κ3) is 3.86. The number of amides is 1. The van der Waals surface area contributed by atoms with E-state index in [-0.39, 0.29) is 30.1 Å². The van der Waals surface area contributed by atoms with E-state index in [1.54, 1.807) is 9.58 Å². The molecule has 2 aromatic heterocycles. The van der Waals surface area contributed by atoms with Gasteiger partial charge in [0, 0.05) is 25.3 Å². The van der Waals surface area contributed by atoms with Crippen LogP contribution in [0.1, 0.15) is 55.0 Å². The van der Waals surface area contributed by atoms with Crippen LogP contribution in [0.2, 0.25) is 0 Å². The molecule has 0 saturated carbocycles. The fraction of sp³-hybridized carbons (Fsp3) is 0.562. The van der Waals surface area contributed by atoms with Gasteiger partial charge in [0.15, 0.2) is 5.69 Å². The number of aromatic carboxylic acids is 1. The maximum absolute atomic E-state index is 12.6. The monoisotopic (exact) mass is 346 g/mol. The maximum Gasteiger partial charge on any atom is 0.358 e. The van der Waals surface area contributed by atoms with E-state index in [1.165, 1.54) is 6.20 Å². The molecule has 0 aliphatic carbocycles. The first-order chi connectivity index (χ1) is 11.9. The molecule has 1 aliphatic heterocycles. The highest BCUT2D eigenvalue weighted by atomic mass is 16.4.